The molecule has 0 aliphatic heterocycles. The first kappa shape index (κ1) is 12.2. The van der Waals surface area contributed by atoms with Crippen molar-refractivity contribution < 1.29 is 0 Å². The van der Waals surface area contributed by atoms with Gasteiger partial charge in [-0.25, -0.2) is 0 Å². The van der Waals surface area contributed by atoms with Crippen molar-refractivity contribution in [3.63, 3.8) is 0 Å². The third kappa shape index (κ3) is 3.33. The Balaban J connectivity index is 2.74. The van der Waals surface area contributed by atoms with E-state index in [4.69, 9.17) is 5.73 Å². The maximum Gasteiger partial charge on any atom is 0.0341 e. The van der Waals surface area contributed by atoms with Crippen LogP contribution in [0.2, 0.25) is 0 Å². The SMILES string of the molecule is CCNC(CC)(CN)Cc1ccccc1. The zero-order chi connectivity index (χ0) is 11.1. The van der Waals surface area contributed by atoms with E-state index >= 15 is 0 Å². The van der Waals surface area contributed by atoms with E-state index in [-0.39, 0.29) is 5.54 Å². The smallest absolute Gasteiger partial charge is 0.0341 e. The fourth-order valence-electron chi connectivity index (χ4n) is 1.96. The summed E-state index contributed by atoms with van der Waals surface area (Å²) < 4.78 is 0. The summed E-state index contributed by atoms with van der Waals surface area (Å²) in [7, 11) is 0. The highest BCUT2D eigenvalue weighted by molar-refractivity contribution is 5.18. The topological polar surface area (TPSA) is 38.0 Å². The first-order chi connectivity index (χ1) is 7.26. The highest BCUT2D eigenvalue weighted by Crippen LogP contribution is 2.16. The summed E-state index contributed by atoms with van der Waals surface area (Å²) in [6.45, 7) is 5.98. The zero-order valence-corrected chi connectivity index (χ0v) is 9.79. The molecule has 0 fully saturated rings. The van der Waals surface area contributed by atoms with Crippen LogP contribution in [0.5, 0.6) is 0 Å². The van der Waals surface area contributed by atoms with Crippen LogP contribution >= 0.6 is 0 Å². The van der Waals surface area contributed by atoms with Crippen LogP contribution in [0, 0.1) is 0 Å². The van der Waals surface area contributed by atoms with E-state index in [2.05, 4.69) is 43.4 Å². The molecule has 0 saturated carbocycles. The molecule has 0 saturated heterocycles. The lowest BCUT2D eigenvalue weighted by molar-refractivity contribution is 0.325. The second-order valence-corrected chi connectivity index (χ2v) is 4.03. The van der Waals surface area contributed by atoms with E-state index in [1.807, 2.05) is 6.07 Å². The van der Waals surface area contributed by atoms with Crippen LogP contribution in [0.25, 0.3) is 0 Å². The quantitative estimate of drug-likeness (QED) is 0.746. The molecule has 0 amide bonds. The van der Waals surface area contributed by atoms with Gasteiger partial charge in [0, 0.05) is 12.1 Å². The van der Waals surface area contributed by atoms with E-state index in [1.165, 1.54) is 5.56 Å². The number of rotatable bonds is 6. The summed E-state index contributed by atoms with van der Waals surface area (Å²) >= 11 is 0. The van der Waals surface area contributed by atoms with Crippen LogP contribution in [0.1, 0.15) is 25.8 Å². The molecule has 2 heteroatoms. The van der Waals surface area contributed by atoms with Gasteiger partial charge in [-0.3, -0.25) is 0 Å². The van der Waals surface area contributed by atoms with Crippen molar-refractivity contribution >= 4 is 0 Å². The predicted octanol–water partition coefficient (Wildman–Crippen LogP) is 1.95. The van der Waals surface area contributed by atoms with E-state index in [0.717, 1.165) is 19.4 Å². The van der Waals surface area contributed by atoms with Crippen LogP contribution in [-0.2, 0) is 6.42 Å². The first-order valence-corrected chi connectivity index (χ1v) is 5.75. The Bertz CT molecular complexity index is 265. The molecule has 15 heavy (non-hydrogen) atoms. The molecule has 0 aromatic heterocycles. The Morgan fingerprint density at radius 2 is 1.87 bits per heavy atom. The molecule has 0 radical (unpaired) electrons. The fourth-order valence-corrected chi connectivity index (χ4v) is 1.96. The van der Waals surface area contributed by atoms with Gasteiger partial charge in [0.1, 0.15) is 0 Å². The molecule has 0 spiro atoms. The number of likely N-dealkylation sites (N-methyl/N-ethyl adjacent to an activating group) is 1. The minimum absolute atomic E-state index is 0.0656. The fraction of sp³-hybridized carbons (Fsp3) is 0.538. The molecule has 84 valence electrons. The van der Waals surface area contributed by atoms with Gasteiger partial charge in [0.15, 0.2) is 0 Å². The molecule has 2 nitrogen and oxygen atoms in total. The lowest BCUT2D eigenvalue weighted by Gasteiger charge is -2.32. The molecular formula is C13H22N2. The van der Waals surface area contributed by atoms with Crippen molar-refractivity contribution in [1.82, 2.24) is 5.32 Å². The zero-order valence-electron chi connectivity index (χ0n) is 9.79. The Labute approximate surface area is 92.9 Å². The Morgan fingerprint density at radius 1 is 1.20 bits per heavy atom. The van der Waals surface area contributed by atoms with Gasteiger partial charge in [-0.1, -0.05) is 44.2 Å². The molecule has 1 aromatic rings. The Kier molecular flexibility index (Phi) is 4.79. The molecule has 0 heterocycles. The number of benzene rings is 1. The summed E-state index contributed by atoms with van der Waals surface area (Å²) in [4.78, 5) is 0. The van der Waals surface area contributed by atoms with Crippen molar-refractivity contribution in [3.05, 3.63) is 35.9 Å². The van der Waals surface area contributed by atoms with Gasteiger partial charge in [-0.2, -0.15) is 0 Å². The van der Waals surface area contributed by atoms with Crippen LogP contribution in [0.15, 0.2) is 30.3 Å². The lowest BCUT2D eigenvalue weighted by Crippen LogP contribution is -2.52. The Hall–Kier alpha value is -0.860. The number of nitrogens with one attached hydrogen (secondary N) is 1. The van der Waals surface area contributed by atoms with Gasteiger partial charge >= 0.3 is 0 Å². The van der Waals surface area contributed by atoms with Crippen LogP contribution in [0.4, 0.5) is 0 Å². The van der Waals surface area contributed by atoms with Gasteiger partial charge in [0.25, 0.3) is 0 Å². The molecule has 0 bridgehead atoms. The van der Waals surface area contributed by atoms with E-state index in [9.17, 15) is 0 Å². The van der Waals surface area contributed by atoms with Crippen molar-refractivity contribution in [2.45, 2.75) is 32.2 Å². The van der Waals surface area contributed by atoms with E-state index in [0.29, 0.717) is 6.54 Å². The maximum atomic E-state index is 5.89. The highest BCUT2D eigenvalue weighted by atomic mass is 15.0. The van der Waals surface area contributed by atoms with E-state index < -0.39 is 0 Å². The molecule has 3 N–H and O–H groups in total. The van der Waals surface area contributed by atoms with Crippen molar-refractivity contribution in [2.24, 2.45) is 5.73 Å². The van der Waals surface area contributed by atoms with Crippen LogP contribution in [0.3, 0.4) is 0 Å². The second kappa shape index (κ2) is 5.89. The number of hydrogen-bond acceptors (Lipinski definition) is 2. The number of hydrogen-bond donors (Lipinski definition) is 2. The Morgan fingerprint density at radius 3 is 2.33 bits per heavy atom. The minimum atomic E-state index is 0.0656. The highest BCUT2D eigenvalue weighted by Gasteiger charge is 2.25. The predicted molar refractivity (Wildman–Crippen MR) is 65.9 cm³/mol. The molecule has 1 rings (SSSR count). The van der Waals surface area contributed by atoms with Crippen LogP contribution in [-0.4, -0.2) is 18.6 Å². The summed E-state index contributed by atoms with van der Waals surface area (Å²) in [5.74, 6) is 0. The summed E-state index contributed by atoms with van der Waals surface area (Å²) in [6, 6.07) is 10.5. The summed E-state index contributed by atoms with van der Waals surface area (Å²) in [5.41, 5.74) is 7.31. The average molecular weight is 206 g/mol. The molecule has 1 atom stereocenters. The van der Waals surface area contributed by atoms with Crippen LogP contribution < -0.4 is 11.1 Å². The second-order valence-electron chi connectivity index (χ2n) is 4.03. The average Bonchev–Trinajstić information content (AvgIpc) is 2.30. The van der Waals surface area contributed by atoms with Gasteiger partial charge in [-0.05, 0) is 24.9 Å². The van der Waals surface area contributed by atoms with Crippen molar-refractivity contribution in [3.8, 4) is 0 Å². The third-order valence-corrected chi connectivity index (χ3v) is 3.00. The monoisotopic (exact) mass is 206 g/mol. The van der Waals surface area contributed by atoms with Gasteiger partial charge in [0.05, 0.1) is 0 Å². The minimum Gasteiger partial charge on any atom is -0.329 e. The standard InChI is InChI=1S/C13H22N2/c1-3-13(11-14,15-4-2)10-12-8-6-5-7-9-12/h5-9,15H,3-4,10-11,14H2,1-2H3. The molecule has 0 aliphatic rings. The van der Waals surface area contributed by atoms with Gasteiger partial charge < -0.3 is 11.1 Å². The van der Waals surface area contributed by atoms with Gasteiger partial charge in [-0.15, -0.1) is 0 Å². The molecular weight excluding hydrogens is 184 g/mol. The van der Waals surface area contributed by atoms with Gasteiger partial charge in [0.2, 0.25) is 0 Å². The summed E-state index contributed by atoms with van der Waals surface area (Å²) in [5, 5.41) is 3.52. The third-order valence-electron chi connectivity index (χ3n) is 3.00. The molecule has 1 aromatic carbocycles. The van der Waals surface area contributed by atoms with Crippen molar-refractivity contribution in [1.29, 1.82) is 0 Å². The van der Waals surface area contributed by atoms with E-state index in [1.54, 1.807) is 0 Å². The normalized spacial score (nSPS) is 14.9. The summed E-state index contributed by atoms with van der Waals surface area (Å²) in [6.07, 6.45) is 2.07. The van der Waals surface area contributed by atoms with Crippen molar-refractivity contribution in [2.75, 3.05) is 13.1 Å². The largest absolute Gasteiger partial charge is 0.329 e. The molecule has 1 unspecified atom stereocenters. The lowest BCUT2D eigenvalue weighted by atomic mass is 9.88. The number of nitrogens with two attached hydrogens (primary N) is 1. The molecule has 0 aliphatic carbocycles. The first-order valence-electron chi connectivity index (χ1n) is 5.75. The maximum absolute atomic E-state index is 5.89.